The first-order chi connectivity index (χ1) is 18.4. The molecule has 0 spiro atoms. The first kappa shape index (κ1) is 27.0. The Labute approximate surface area is 224 Å². The van der Waals surface area contributed by atoms with Gasteiger partial charge in [-0.25, -0.2) is 0 Å². The number of amides is 1. The quantitative estimate of drug-likeness (QED) is 0.402. The van der Waals surface area contributed by atoms with Gasteiger partial charge >= 0.3 is 0 Å². The second kappa shape index (κ2) is 12.0. The number of benzene rings is 2. The van der Waals surface area contributed by atoms with Crippen LogP contribution in [0, 0.1) is 0 Å². The summed E-state index contributed by atoms with van der Waals surface area (Å²) in [6.07, 6.45) is 3.07. The molecule has 200 valence electrons. The first-order valence-electron chi connectivity index (χ1n) is 12.9. The lowest BCUT2D eigenvalue weighted by Gasteiger charge is -2.19. The molecule has 3 aromatic rings. The molecule has 3 aromatic carbocycles. The number of hydrogen-bond acceptors (Lipinski definition) is 6. The van der Waals surface area contributed by atoms with Crippen molar-refractivity contribution in [3.05, 3.63) is 81.5 Å². The molecule has 7 heteroatoms. The molecule has 0 fully saturated rings. The summed E-state index contributed by atoms with van der Waals surface area (Å²) in [5.74, 6) is 1.44. The molecule has 1 unspecified atom stereocenters. The zero-order chi connectivity index (χ0) is 27.2. The van der Waals surface area contributed by atoms with E-state index >= 15 is 0 Å². The molecular weight excluding hydrogens is 480 g/mol. The third-order valence-corrected chi connectivity index (χ3v) is 7.03. The van der Waals surface area contributed by atoms with Crippen LogP contribution in [0.1, 0.15) is 49.4 Å². The monoisotopic (exact) mass is 516 g/mol. The molecule has 0 bridgehead atoms. The van der Waals surface area contributed by atoms with Gasteiger partial charge in [0.15, 0.2) is 11.5 Å². The number of fused-ring (bicyclic) bond motifs is 3. The predicted molar refractivity (Wildman–Crippen MR) is 151 cm³/mol. The van der Waals surface area contributed by atoms with Crippen molar-refractivity contribution in [1.82, 2.24) is 5.32 Å². The van der Waals surface area contributed by atoms with E-state index in [0.717, 1.165) is 35.1 Å². The number of methoxy groups -OCH3 is 3. The van der Waals surface area contributed by atoms with Gasteiger partial charge in [0.25, 0.3) is 0 Å². The second-order valence-electron chi connectivity index (χ2n) is 9.67. The summed E-state index contributed by atoms with van der Waals surface area (Å²) in [6.45, 7) is 3.57. The fourth-order valence-corrected chi connectivity index (χ4v) is 5.19. The van der Waals surface area contributed by atoms with Gasteiger partial charge in [-0.2, -0.15) is 0 Å². The van der Waals surface area contributed by atoms with Gasteiger partial charge in [0.1, 0.15) is 0 Å². The van der Waals surface area contributed by atoms with Crippen molar-refractivity contribution in [3.8, 4) is 28.4 Å². The Morgan fingerprint density at radius 1 is 1.00 bits per heavy atom. The molecule has 0 saturated carbocycles. The maximum Gasteiger partial charge on any atom is 0.217 e. The molecule has 0 aliphatic heterocycles. The van der Waals surface area contributed by atoms with E-state index in [1.165, 1.54) is 12.5 Å². The van der Waals surface area contributed by atoms with Crippen LogP contribution in [0.25, 0.3) is 11.1 Å². The molecule has 0 heterocycles. The van der Waals surface area contributed by atoms with Crippen LogP contribution in [0.5, 0.6) is 17.2 Å². The molecule has 1 aliphatic carbocycles. The minimum atomic E-state index is -0.333. The van der Waals surface area contributed by atoms with E-state index in [9.17, 15) is 9.59 Å². The molecule has 0 radical (unpaired) electrons. The Hall–Kier alpha value is -4.00. The van der Waals surface area contributed by atoms with Gasteiger partial charge in [-0.1, -0.05) is 36.4 Å². The molecule has 38 heavy (non-hydrogen) atoms. The summed E-state index contributed by atoms with van der Waals surface area (Å²) in [4.78, 5) is 25.6. The number of carbonyl (C=O) groups is 1. The van der Waals surface area contributed by atoms with Gasteiger partial charge in [0, 0.05) is 18.5 Å². The third kappa shape index (κ3) is 5.77. The number of aryl methyl sites for hydroxylation is 2. The second-order valence-corrected chi connectivity index (χ2v) is 9.67. The van der Waals surface area contributed by atoms with Crippen LogP contribution in [0.4, 0.5) is 5.69 Å². The SMILES string of the molecule is COc1cc2c(c(OC)c1OC)-c1ccc(NC(C)CCc3ccccc3)c(=O)cc1[C@@H](NC(C)=O)CC2. The molecule has 1 aliphatic rings. The fraction of sp³-hybridized carbons (Fsp3) is 0.355. The van der Waals surface area contributed by atoms with E-state index in [1.807, 2.05) is 36.4 Å². The zero-order valence-electron chi connectivity index (χ0n) is 22.7. The maximum absolute atomic E-state index is 13.5. The summed E-state index contributed by atoms with van der Waals surface area (Å²) in [5, 5.41) is 6.46. The average Bonchev–Trinajstić information content (AvgIpc) is 3.15. The number of hydrogen-bond donors (Lipinski definition) is 2. The van der Waals surface area contributed by atoms with Gasteiger partial charge in [-0.05, 0) is 73.1 Å². The highest BCUT2D eigenvalue weighted by molar-refractivity contribution is 5.83. The molecule has 2 N–H and O–H groups in total. The van der Waals surface area contributed by atoms with Gasteiger partial charge in [-0.3, -0.25) is 9.59 Å². The minimum absolute atomic E-state index is 0.0856. The van der Waals surface area contributed by atoms with Crippen LogP contribution >= 0.6 is 0 Å². The van der Waals surface area contributed by atoms with Crippen LogP contribution in [0.3, 0.4) is 0 Å². The Kier molecular flexibility index (Phi) is 8.56. The van der Waals surface area contributed by atoms with Crippen molar-refractivity contribution in [1.29, 1.82) is 0 Å². The smallest absolute Gasteiger partial charge is 0.217 e. The van der Waals surface area contributed by atoms with Crippen LogP contribution in [0.2, 0.25) is 0 Å². The summed E-state index contributed by atoms with van der Waals surface area (Å²) >= 11 is 0. The molecular formula is C31H36N2O5. The highest BCUT2D eigenvalue weighted by Crippen LogP contribution is 2.50. The predicted octanol–water partition coefficient (Wildman–Crippen LogP) is 5.30. The third-order valence-electron chi connectivity index (χ3n) is 7.03. The van der Waals surface area contributed by atoms with Crippen LogP contribution < -0.4 is 30.3 Å². The summed E-state index contributed by atoms with van der Waals surface area (Å²) in [6, 6.07) is 17.4. The summed E-state index contributed by atoms with van der Waals surface area (Å²) in [5.41, 5.74) is 5.05. The Morgan fingerprint density at radius 3 is 2.39 bits per heavy atom. The van der Waals surface area contributed by atoms with E-state index in [1.54, 1.807) is 27.4 Å². The van der Waals surface area contributed by atoms with Gasteiger partial charge in [0.05, 0.1) is 33.1 Å². The number of ether oxygens (including phenoxy) is 3. The van der Waals surface area contributed by atoms with Gasteiger partial charge in [0.2, 0.25) is 17.1 Å². The Bertz CT molecular complexity index is 1360. The van der Waals surface area contributed by atoms with Crippen molar-refractivity contribution in [2.75, 3.05) is 26.6 Å². The molecule has 2 atom stereocenters. The van der Waals surface area contributed by atoms with Gasteiger partial charge < -0.3 is 24.8 Å². The van der Waals surface area contributed by atoms with Crippen molar-refractivity contribution in [2.45, 2.75) is 51.6 Å². The van der Waals surface area contributed by atoms with E-state index in [2.05, 4.69) is 29.7 Å². The van der Waals surface area contributed by atoms with Crippen molar-refractivity contribution >= 4 is 11.6 Å². The number of anilines is 1. The lowest BCUT2D eigenvalue weighted by Crippen LogP contribution is -2.26. The van der Waals surface area contributed by atoms with Crippen molar-refractivity contribution in [3.63, 3.8) is 0 Å². The lowest BCUT2D eigenvalue weighted by molar-refractivity contribution is -0.119. The van der Waals surface area contributed by atoms with Gasteiger partial charge in [-0.15, -0.1) is 0 Å². The average molecular weight is 517 g/mol. The number of nitrogens with one attached hydrogen (secondary N) is 2. The largest absolute Gasteiger partial charge is 0.493 e. The normalized spacial score (nSPS) is 14.8. The van der Waals surface area contributed by atoms with E-state index in [0.29, 0.717) is 35.8 Å². The number of carbonyl (C=O) groups excluding carboxylic acids is 1. The van der Waals surface area contributed by atoms with Crippen LogP contribution in [-0.2, 0) is 17.6 Å². The minimum Gasteiger partial charge on any atom is -0.493 e. The maximum atomic E-state index is 13.5. The standard InChI is InChI=1S/C31H36N2O5/c1-19(11-12-21-9-7-6-8-10-21)32-26-16-14-23-24(18-27(26)35)25(33-20(2)34)15-13-22-17-28(36-3)30(37-4)31(38-5)29(22)23/h6-10,14,16-19,25H,11-13,15H2,1-5H3,(H,32,35)(H,33,34)/t19?,25-/m0/s1. The van der Waals surface area contributed by atoms with E-state index in [-0.39, 0.29) is 23.4 Å². The molecule has 7 nitrogen and oxygen atoms in total. The molecule has 0 aromatic heterocycles. The van der Waals surface area contributed by atoms with Crippen molar-refractivity contribution in [2.24, 2.45) is 0 Å². The highest BCUT2D eigenvalue weighted by atomic mass is 16.5. The molecule has 0 saturated heterocycles. The first-order valence-corrected chi connectivity index (χ1v) is 12.9. The highest BCUT2D eigenvalue weighted by Gasteiger charge is 2.29. The van der Waals surface area contributed by atoms with Crippen molar-refractivity contribution < 1.29 is 19.0 Å². The topological polar surface area (TPSA) is 85.9 Å². The van der Waals surface area contributed by atoms with E-state index in [4.69, 9.17) is 14.2 Å². The Balaban J connectivity index is 1.80. The lowest BCUT2D eigenvalue weighted by atomic mass is 9.95. The molecule has 1 amide bonds. The zero-order valence-corrected chi connectivity index (χ0v) is 22.7. The van der Waals surface area contributed by atoms with Crippen LogP contribution in [-0.4, -0.2) is 33.3 Å². The fourth-order valence-electron chi connectivity index (χ4n) is 5.19. The Morgan fingerprint density at radius 2 is 1.74 bits per heavy atom. The van der Waals surface area contributed by atoms with Crippen LogP contribution in [0.15, 0.2) is 59.4 Å². The number of rotatable bonds is 9. The summed E-state index contributed by atoms with van der Waals surface area (Å²) in [7, 11) is 4.76. The van der Waals surface area contributed by atoms with E-state index < -0.39 is 0 Å². The summed E-state index contributed by atoms with van der Waals surface area (Å²) < 4.78 is 17.1. The molecule has 4 rings (SSSR count).